The van der Waals surface area contributed by atoms with Crippen molar-refractivity contribution in [3.05, 3.63) is 24.3 Å². The Bertz CT molecular complexity index is 599. The molecule has 5 nitrogen and oxygen atoms in total. The zero-order valence-electron chi connectivity index (χ0n) is 12.1. The lowest BCUT2D eigenvalue weighted by Gasteiger charge is -2.31. The topological polar surface area (TPSA) is 89.3 Å². The summed E-state index contributed by atoms with van der Waals surface area (Å²) in [6.45, 7) is 1.87. The van der Waals surface area contributed by atoms with Crippen molar-refractivity contribution >= 4 is 26.5 Å². The third kappa shape index (κ3) is 4.05. The number of benzene rings is 1. The quantitative estimate of drug-likeness (QED) is 0.803. The lowest BCUT2D eigenvalue weighted by atomic mass is 9.96. The Labute approximate surface area is 128 Å². The van der Waals surface area contributed by atoms with Crippen molar-refractivity contribution in [2.45, 2.75) is 48.8 Å². The summed E-state index contributed by atoms with van der Waals surface area (Å²) in [5.41, 5.74) is 6.10. The van der Waals surface area contributed by atoms with Crippen LogP contribution < -0.4 is 10.5 Å². The minimum Gasteiger partial charge on any atom is -0.399 e. The molecule has 0 spiro atoms. The van der Waals surface area contributed by atoms with Crippen LogP contribution in [-0.2, 0) is 20.8 Å². The molecule has 1 aromatic carbocycles. The molecule has 0 unspecified atom stereocenters. The number of hydrogen-bond donors (Lipinski definition) is 2. The van der Waals surface area contributed by atoms with Crippen LogP contribution in [0, 0.1) is 0 Å². The van der Waals surface area contributed by atoms with Gasteiger partial charge in [0.25, 0.3) is 0 Å². The summed E-state index contributed by atoms with van der Waals surface area (Å²) in [7, 11) is -4.58. The molecule has 0 aliphatic heterocycles. The van der Waals surface area contributed by atoms with Crippen molar-refractivity contribution in [2.24, 2.45) is 0 Å². The fraction of sp³-hybridized carbons (Fsp3) is 0.571. The van der Waals surface area contributed by atoms with Gasteiger partial charge in [0, 0.05) is 28.3 Å². The molecule has 7 heteroatoms. The van der Waals surface area contributed by atoms with Gasteiger partial charge in [0.1, 0.15) is 0 Å². The van der Waals surface area contributed by atoms with Crippen molar-refractivity contribution in [1.29, 1.82) is 0 Å². The Morgan fingerprint density at radius 1 is 1.24 bits per heavy atom. The van der Waals surface area contributed by atoms with E-state index in [9.17, 15) is 12.6 Å². The van der Waals surface area contributed by atoms with E-state index < -0.39 is 20.8 Å². The summed E-state index contributed by atoms with van der Waals surface area (Å²) in [5, 5.41) is -0.0905. The zero-order valence-corrected chi connectivity index (χ0v) is 13.8. The summed E-state index contributed by atoms with van der Waals surface area (Å²) in [4.78, 5) is 0.198. The molecule has 118 valence electrons. The van der Waals surface area contributed by atoms with Crippen LogP contribution in [0.25, 0.3) is 0 Å². The monoisotopic (exact) mass is 330 g/mol. The van der Waals surface area contributed by atoms with Crippen molar-refractivity contribution in [1.82, 2.24) is 4.72 Å². The Morgan fingerprint density at radius 3 is 2.48 bits per heavy atom. The summed E-state index contributed by atoms with van der Waals surface area (Å²) in [6.07, 6.45) is 3.53. The molecule has 0 bridgehead atoms. The second-order valence-corrected chi connectivity index (χ2v) is 8.95. The highest BCUT2D eigenvalue weighted by Gasteiger charge is 2.32. The Hall–Kier alpha value is -0.920. The number of nitrogens with two attached hydrogens (primary N) is 1. The van der Waals surface area contributed by atoms with E-state index in [0.29, 0.717) is 11.4 Å². The molecule has 1 saturated carbocycles. The van der Waals surface area contributed by atoms with Crippen LogP contribution in [0.3, 0.4) is 0 Å². The molecule has 0 radical (unpaired) electrons. The molecule has 3 N–H and O–H groups in total. The third-order valence-electron chi connectivity index (χ3n) is 3.82. The normalized spacial score (nSPS) is 24.6. The van der Waals surface area contributed by atoms with Crippen molar-refractivity contribution in [3.8, 4) is 0 Å². The largest absolute Gasteiger partial charge is 0.399 e. The fourth-order valence-corrected chi connectivity index (χ4v) is 5.50. The van der Waals surface area contributed by atoms with Gasteiger partial charge in [0.05, 0.1) is 10.1 Å². The number of hydrogen-bond acceptors (Lipinski definition) is 4. The summed E-state index contributed by atoms with van der Waals surface area (Å²) < 4.78 is 39.7. The van der Waals surface area contributed by atoms with E-state index in [1.54, 1.807) is 12.1 Å². The highest BCUT2D eigenvalue weighted by Crippen LogP contribution is 2.25. The maximum absolute atomic E-state index is 12.4. The van der Waals surface area contributed by atoms with E-state index in [4.69, 9.17) is 5.73 Å². The molecule has 0 aromatic heterocycles. The van der Waals surface area contributed by atoms with Crippen molar-refractivity contribution < 1.29 is 12.6 Å². The summed E-state index contributed by atoms with van der Waals surface area (Å²) in [5.74, 6) is 0.560. The summed E-state index contributed by atoms with van der Waals surface area (Å²) in [6, 6.07) is 5.87. The van der Waals surface area contributed by atoms with Gasteiger partial charge in [-0.25, -0.2) is 13.1 Å². The van der Waals surface area contributed by atoms with Gasteiger partial charge in [-0.1, -0.05) is 19.8 Å². The van der Waals surface area contributed by atoms with E-state index >= 15 is 0 Å². The van der Waals surface area contributed by atoms with Gasteiger partial charge in [-0.15, -0.1) is 0 Å². The van der Waals surface area contributed by atoms with Crippen LogP contribution in [-0.4, -0.2) is 29.7 Å². The predicted molar refractivity (Wildman–Crippen MR) is 85.9 cm³/mol. The SMILES string of the molecule is CC[S@](=O)[C@@H]1CCCC[C@H]1NS(=O)(=O)c1ccc(N)cc1. The van der Waals surface area contributed by atoms with E-state index in [0.717, 1.165) is 25.7 Å². The van der Waals surface area contributed by atoms with Gasteiger partial charge >= 0.3 is 0 Å². The number of nitrogen functional groups attached to an aromatic ring is 1. The molecule has 3 atom stereocenters. The van der Waals surface area contributed by atoms with Gasteiger partial charge < -0.3 is 5.73 Å². The minimum atomic E-state index is -3.59. The van der Waals surface area contributed by atoms with Crippen LogP contribution in [0.1, 0.15) is 32.6 Å². The van der Waals surface area contributed by atoms with Crippen molar-refractivity contribution in [3.63, 3.8) is 0 Å². The van der Waals surface area contributed by atoms with Gasteiger partial charge in [0.15, 0.2) is 0 Å². The molecule has 0 amide bonds. The molecule has 21 heavy (non-hydrogen) atoms. The predicted octanol–water partition coefficient (Wildman–Crippen LogP) is 1.63. The standard InChI is InChI=1S/C14H22N2O3S2/c1-2-20(17)14-6-4-3-5-13(14)16-21(18,19)12-9-7-11(15)8-10-12/h7-10,13-14,16H,2-6,15H2,1H3/t13-,14-,20+/m1/s1. The lowest BCUT2D eigenvalue weighted by molar-refractivity contribution is 0.416. The van der Waals surface area contributed by atoms with E-state index in [1.807, 2.05) is 6.92 Å². The highest BCUT2D eigenvalue weighted by molar-refractivity contribution is 7.89. The summed E-state index contributed by atoms with van der Waals surface area (Å²) >= 11 is 0. The van der Waals surface area contributed by atoms with E-state index in [-0.39, 0.29) is 16.2 Å². The van der Waals surface area contributed by atoms with Crippen LogP contribution in [0.15, 0.2) is 29.2 Å². The van der Waals surface area contributed by atoms with Crippen LogP contribution in [0.2, 0.25) is 0 Å². The molecule has 1 fully saturated rings. The van der Waals surface area contributed by atoms with Gasteiger partial charge in [-0.05, 0) is 37.1 Å². The average Bonchev–Trinajstić information content (AvgIpc) is 2.47. The van der Waals surface area contributed by atoms with Gasteiger partial charge in [0.2, 0.25) is 10.0 Å². The Morgan fingerprint density at radius 2 is 1.86 bits per heavy atom. The molecule has 2 rings (SSSR count). The third-order valence-corrected chi connectivity index (χ3v) is 7.14. The highest BCUT2D eigenvalue weighted by atomic mass is 32.2. The van der Waals surface area contributed by atoms with Crippen LogP contribution in [0.4, 0.5) is 5.69 Å². The molecule has 1 aliphatic rings. The minimum absolute atomic E-state index is 0.0905. The number of nitrogens with one attached hydrogen (secondary N) is 1. The average molecular weight is 330 g/mol. The van der Waals surface area contributed by atoms with Crippen molar-refractivity contribution in [2.75, 3.05) is 11.5 Å². The number of rotatable bonds is 5. The molecule has 0 heterocycles. The molecular formula is C14H22N2O3S2. The maximum atomic E-state index is 12.4. The zero-order chi connectivity index (χ0) is 15.5. The van der Waals surface area contributed by atoms with Crippen LogP contribution >= 0.6 is 0 Å². The Balaban J connectivity index is 2.17. The second-order valence-electron chi connectivity index (χ2n) is 5.29. The first-order valence-corrected chi connectivity index (χ1v) is 10.1. The lowest BCUT2D eigenvalue weighted by Crippen LogP contribution is -2.47. The number of sulfonamides is 1. The molecular weight excluding hydrogens is 308 g/mol. The van der Waals surface area contributed by atoms with Crippen LogP contribution in [0.5, 0.6) is 0 Å². The molecule has 1 aliphatic carbocycles. The second kappa shape index (κ2) is 6.89. The first-order chi connectivity index (χ1) is 9.94. The first kappa shape index (κ1) is 16.5. The molecule has 1 aromatic rings. The molecule has 0 saturated heterocycles. The maximum Gasteiger partial charge on any atom is 0.240 e. The van der Waals surface area contributed by atoms with Gasteiger partial charge in [-0.3, -0.25) is 4.21 Å². The first-order valence-electron chi connectivity index (χ1n) is 7.19. The number of anilines is 1. The smallest absolute Gasteiger partial charge is 0.240 e. The fourth-order valence-electron chi connectivity index (χ4n) is 2.67. The van der Waals surface area contributed by atoms with Gasteiger partial charge in [-0.2, -0.15) is 0 Å². The Kier molecular flexibility index (Phi) is 5.40. The van der Waals surface area contributed by atoms with E-state index in [1.165, 1.54) is 12.1 Å². The van der Waals surface area contributed by atoms with E-state index in [2.05, 4.69) is 4.72 Å².